The molecule has 5 rings (SSSR count). The van der Waals surface area contributed by atoms with Crippen LogP contribution in [0.15, 0.2) is 23.1 Å². The molecule has 0 amide bonds. The highest BCUT2D eigenvalue weighted by atomic mass is 16.5. The molecular weight excluding hydrogens is 282 g/mol. The third-order valence-electron chi connectivity index (χ3n) is 4.90. The average molecular weight is 297 g/mol. The first kappa shape index (κ1) is 12.2. The van der Waals surface area contributed by atoms with Gasteiger partial charge in [-0.1, -0.05) is 6.07 Å². The standard InChI is InChI=1S/C16H15N3O3/c1-9-3-4-10-12-13-11(5-17-10)18(2)15(20)19(13)16(6-21-7-16)8-22-14(9)12/h3-5H,6-8H2,1-2H3. The zero-order chi connectivity index (χ0) is 15.1. The van der Waals surface area contributed by atoms with Gasteiger partial charge in [0.15, 0.2) is 0 Å². The largest absolute Gasteiger partial charge is 0.490 e. The van der Waals surface area contributed by atoms with E-state index < -0.39 is 5.54 Å². The highest BCUT2D eigenvalue weighted by Crippen LogP contribution is 2.40. The smallest absolute Gasteiger partial charge is 0.329 e. The summed E-state index contributed by atoms with van der Waals surface area (Å²) in [5.41, 5.74) is 3.21. The van der Waals surface area contributed by atoms with E-state index in [2.05, 4.69) is 4.98 Å². The predicted octanol–water partition coefficient (Wildman–Crippen LogP) is 1.31. The summed E-state index contributed by atoms with van der Waals surface area (Å²) in [6.45, 7) is 3.47. The Bertz CT molecular complexity index is 1010. The molecule has 0 N–H and O–H groups in total. The van der Waals surface area contributed by atoms with Crippen molar-refractivity contribution in [1.29, 1.82) is 0 Å². The van der Waals surface area contributed by atoms with E-state index in [0.29, 0.717) is 19.8 Å². The van der Waals surface area contributed by atoms with Crippen LogP contribution >= 0.6 is 0 Å². The van der Waals surface area contributed by atoms with E-state index in [0.717, 1.165) is 33.2 Å². The number of aryl methyl sites for hydroxylation is 2. The summed E-state index contributed by atoms with van der Waals surface area (Å²) in [6.07, 6.45) is 1.77. The van der Waals surface area contributed by atoms with Gasteiger partial charge in [-0.25, -0.2) is 4.79 Å². The number of imidazole rings is 1. The summed E-state index contributed by atoms with van der Waals surface area (Å²) in [4.78, 5) is 17.3. The Morgan fingerprint density at radius 3 is 2.82 bits per heavy atom. The zero-order valence-corrected chi connectivity index (χ0v) is 12.4. The zero-order valence-electron chi connectivity index (χ0n) is 12.4. The van der Waals surface area contributed by atoms with Gasteiger partial charge in [-0.3, -0.25) is 14.1 Å². The first-order chi connectivity index (χ1) is 10.6. The molecule has 0 saturated carbocycles. The summed E-state index contributed by atoms with van der Waals surface area (Å²) in [6, 6.07) is 3.99. The molecule has 2 aliphatic rings. The van der Waals surface area contributed by atoms with E-state index in [1.807, 2.05) is 23.6 Å². The number of aromatic nitrogens is 3. The lowest BCUT2D eigenvalue weighted by Crippen LogP contribution is -2.58. The van der Waals surface area contributed by atoms with Gasteiger partial charge in [-0.2, -0.15) is 0 Å². The third-order valence-corrected chi connectivity index (χ3v) is 4.90. The second-order valence-corrected chi connectivity index (χ2v) is 6.28. The van der Waals surface area contributed by atoms with Gasteiger partial charge in [-0.15, -0.1) is 0 Å². The number of rotatable bonds is 0. The maximum atomic E-state index is 12.8. The highest BCUT2D eigenvalue weighted by molar-refractivity contribution is 6.07. The Labute approximate surface area is 125 Å². The Morgan fingerprint density at radius 1 is 1.27 bits per heavy atom. The first-order valence-electron chi connectivity index (χ1n) is 7.33. The SMILES string of the molecule is Cc1ccc2ncc3c4c2c1OCC1(COC1)n4c(=O)n3C. The maximum Gasteiger partial charge on any atom is 0.329 e. The van der Waals surface area contributed by atoms with E-state index in [4.69, 9.17) is 9.47 Å². The molecule has 0 bridgehead atoms. The number of ether oxygens (including phenoxy) is 2. The van der Waals surface area contributed by atoms with Crippen LogP contribution in [0, 0.1) is 6.92 Å². The topological polar surface area (TPSA) is 58.3 Å². The Balaban J connectivity index is 2.10. The van der Waals surface area contributed by atoms with Crippen LogP contribution in [-0.2, 0) is 17.3 Å². The Kier molecular flexibility index (Phi) is 2.06. The second kappa shape index (κ2) is 3.70. The minimum Gasteiger partial charge on any atom is -0.490 e. The number of hydrogen-bond donors (Lipinski definition) is 0. The van der Waals surface area contributed by atoms with E-state index in [1.54, 1.807) is 17.8 Å². The van der Waals surface area contributed by atoms with Crippen molar-refractivity contribution in [3.63, 3.8) is 0 Å². The van der Waals surface area contributed by atoms with Crippen molar-refractivity contribution in [1.82, 2.24) is 14.1 Å². The second-order valence-electron chi connectivity index (χ2n) is 6.28. The van der Waals surface area contributed by atoms with Crippen LogP contribution in [0.2, 0.25) is 0 Å². The van der Waals surface area contributed by atoms with Gasteiger partial charge in [0.2, 0.25) is 0 Å². The minimum atomic E-state index is -0.406. The molecule has 6 nitrogen and oxygen atoms in total. The lowest BCUT2D eigenvalue weighted by atomic mass is 9.98. The van der Waals surface area contributed by atoms with Crippen molar-refractivity contribution < 1.29 is 9.47 Å². The Morgan fingerprint density at radius 2 is 2.09 bits per heavy atom. The summed E-state index contributed by atoms with van der Waals surface area (Å²) >= 11 is 0. The van der Waals surface area contributed by atoms with Crippen molar-refractivity contribution in [2.24, 2.45) is 7.05 Å². The third kappa shape index (κ3) is 1.21. The van der Waals surface area contributed by atoms with Crippen LogP contribution in [0.1, 0.15) is 5.56 Å². The monoisotopic (exact) mass is 297 g/mol. The lowest BCUT2D eigenvalue weighted by Gasteiger charge is -2.40. The molecule has 0 atom stereocenters. The molecule has 6 heteroatoms. The van der Waals surface area contributed by atoms with E-state index in [9.17, 15) is 4.79 Å². The van der Waals surface area contributed by atoms with E-state index in [1.165, 1.54) is 0 Å². The molecule has 2 aliphatic heterocycles. The fourth-order valence-electron chi connectivity index (χ4n) is 3.60. The first-order valence-corrected chi connectivity index (χ1v) is 7.33. The molecule has 112 valence electrons. The van der Waals surface area contributed by atoms with Crippen LogP contribution in [0.25, 0.3) is 21.9 Å². The highest BCUT2D eigenvalue weighted by Gasteiger charge is 2.46. The van der Waals surface area contributed by atoms with Crippen LogP contribution in [0.3, 0.4) is 0 Å². The summed E-state index contributed by atoms with van der Waals surface area (Å²) in [5.74, 6) is 0.832. The fraction of sp³-hybridized carbons (Fsp3) is 0.375. The summed E-state index contributed by atoms with van der Waals surface area (Å²) in [7, 11) is 1.79. The van der Waals surface area contributed by atoms with Crippen molar-refractivity contribution in [2.45, 2.75) is 12.5 Å². The van der Waals surface area contributed by atoms with Crippen LogP contribution in [0.5, 0.6) is 5.75 Å². The van der Waals surface area contributed by atoms with E-state index >= 15 is 0 Å². The molecular formula is C16H15N3O3. The minimum absolute atomic E-state index is 0.0365. The number of fused-ring (bicyclic) bond motifs is 1. The van der Waals surface area contributed by atoms with Crippen molar-refractivity contribution in [2.75, 3.05) is 19.8 Å². The van der Waals surface area contributed by atoms with Gasteiger partial charge >= 0.3 is 5.69 Å². The quantitative estimate of drug-likeness (QED) is 0.628. The normalized spacial score (nSPS) is 18.6. The Hall–Kier alpha value is -2.34. The molecule has 0 unspecified atom stereocenters. The van der Waals surface area contributed by atoms with Crippen LogP contribution in [0.4, 0.5) is 0 Å². The van der Waals surface area contributed by atoms with Gasteiger partial charge in [0.1, 0.15) is 17.9 Å². The van der Waals surface area contributed by atoms with Crippen LogP contribution in [-0.4, -0.2) is 33.9 Å². The average Bonchev–Trinajstić information content (AvgIpc) is 2.66. The molecule has 1 fully saturated rings. The fourth-order valence-corrected chi connectivity index (χ4v) is 3.60. The van der Waals surface area contributed by atoms with Gasteiger partial charge in [0, 0.05) is 7.05 Å². The number of benzene rings is 1. The molecule has 1 saturated heterocycles. The molecule has 0 radical (unpaired) electrons. The molecule has 22 heavy (non-hydrogen) atoms. The predicted molar refractivity (Wildman–Crippen MR) is 81.5 cm³/mol. The summed E-state index contributed by atoms with van der Waals surface area (Å²) in [5, 5.41) is 0.930. The number of nitrogens with zero attached hydrogens (tertiary/aromatic N) is 3. The molecule has 4 heterocycles. The van der Waals surface area contributed by atoms with Gasteiger partial charge in [0.05, 0.1) is 41.3 Å². The van der Waals surface area contributed by atoms with Crippen LogP contribution < -0.4 is 10.4 Å². The lowest BCUT2D eigenvalue weighted by molar-refractivity contribution is -0.118. The molecule has 2 aromatic heterocycles. The van der Waals surface area contributed by atoms with Crippen molar-refractivity contribution in [3.8, 4) is 5.75 Å². The van der Waals surface area contributed by atoms with Gasteiger partial charge in [0.25, 0.3) is 0 Å². The molecule has 1 spiro atoms. The molecule has 0 aliphatic carbocycles. The van der Waals surface area contributed by atoms with E-state index in [-0.39, 0.29) is 5.69 Å². The van der Waals surface area contributed by atoms with Crippen molar-refractivity contribution in [3.05, 3.63) is 34.4 Å². The molecule has 3 aromatic rings. The maximum absolute atomic E-state index is 12.8. The number of hydrogen-bond acceptors (Lipinski definition) is 4. The summed E-state index contributed by atoms with van der Waals surface area (Å²) < 4.78 is 15.1. The van der Waals surface area contributed by atoms with Crippen molar-refractivity contribution >= 4 is 21.9 Å². The number of pyridine rings is 1. The van der Waals surface area contributed by atoms with Gasteiger partial charge in [-0.05, 0) is 18.6 Å². The molecule has 1 aromatic carbocycles. The van der Waals surface area contributed by atoms with Gasteiger partial charge < -0.3 is 9.47 Å².